The van der Waals surface area contributed by atoms with E-state index in [4.69, 9.17) is 5.73 Å². The second-order valence-corrected chi connectivity index (χ2v) is 3.61. The maximum atomic E-state index is 11.5. The molecule has 1 aromatic rings. The summed E-state index contributed by atoms with van der Waals surface area (Å²) < 4.78 is 0. The number of para-hydroxylation sites is 1. The van der Waals surface area contributed by atoms with E-state index in [-0.39, 0.29) is 11.7 Å². The zero-order chi connectivity index (χ0) is 11.4. The number of phenols is 1. The van der Waals surface area contributed by atoms with Gasteiger partial charge in [-0.3, -0.25) is 4.79 Å². The van der Waals surface area contributed by atoms with Gasteiger partial charge in [-0.2, -0.15) is 0 Å². The zero-order valence-corrected chi connectivity index (χ0v) is 8.97. The number of carbonyl (C=O) groups is 1. The van der Waals surface area contributed by atoms with E-state index in [1.807, 2.05) is 6.07 Å². The Balaban J connectivity index is 2.71. The Kier molecular flexibility index (Phi) is 3.68. The lowest BCUT2D eigenvalue weighted by Crippen LogP contribution is -2.39. The molecular weight excluding hydrogens is 192 g/mol. The molecule has 0 spiro atoms. The van der Waals surface area contributed by atoms with Crippen LogP contribution >= 0.6 is 0 Å². The van der Waals surface area contributed by atoms with Gasteiger partial charge in [-0.1, -0.05) is 18.2 Å². The predicted octanol–water partition coefficient (Wildman–Crippen LogP) is 0.698. The standard InChI is InChI=1S/C11H16N2O2/c1-8(12)11(15)13(2)7-9-5-3-4-6-10(9)14/h3-6,8,14H,7,12H2,1-2H3. The van der Waals surface area contributed by atoms with Crippen LogP contribution in [0.3, 0.4) is 0 Å². The van der Waals surface area contributed by atoms with Crippen molar-refractivity contribution < 1.29 is 9.90 Å². The number of hydrogen-bond donors (Lipinski definition) is 2. The number of rotatable bonds is 3. The zero-order valence-electron chi connectivity index (χ0n) is 8.97. The number of amides is 1. The molecule has 3 N–H and O–H groups in total. The Hall–Kier alpha value is -1.55. The average Bonchev–Trinajstić information content (AvgIpc) is 2.20. The van der Waals surface area contributed by atoms with Crippen molar-refractivity contribution in [1.82, 2.24) is 4.90 Å². The fraction of sp³-hybridized carbons (Fsp3) is 0.364. The first-order chi connectivity index (χ1) is 7.02. The van der Waals surface area contributed by atoms with Gasteiger partial charge in [0.05, 0.1) is 6.04 Å². The van der Waals surface area contributed by atoms with Crippen LogP contribution in [0.2, 0.25) is 0 Å². The molecule has 0 aromatic heterocycles. The number of carbonyl (C=O) groups excluding carboxylic acids is 1. The van der Waals surface area contributed by atoms with E-state index in [1.54, 1.807) is 32.2 Å². The smallest absolute Gasteiger partial charge is 0.239 e. The van der Waals surface area contributed by atoms with Gasteiger partial charge in [0.2, 0.25) is 5.91 Å². The summed E-state index contributed by atoms with van der Waals surface area (Å²) in [5, 5.41) is 9.51. The van der Waals surface area contributed by atoms with Crippen LogP contribution in [-0.2, 0) is 11.3 Å². The highest BCUT2D eigenvalue weighted by Gasteiger charge is 2.14. The van der Waals surface area contributed by atoms with Crippen molar-refractivity contribution in [3.8, 4) is 5.75 Å². The minimum atomic E-state index is -0.513. The lowest BCUT2D eigenvalue weighted by atomic mass is 10.2. The first-order valence-corrected chi connectivity index (χ1v) is 4.80. The molecule has 0 fully saturated rings. The fourth-order valence-electron chi connectivity index (χ4n) is 1.33. The summed E-state index contributed by atoms with van der Waals surface area (Å²) in [4.78, 5) is 13.0. The Morgan fingerprint density at radius 3 is 2.67 bits per heavy atom. The molecule has 4 nitrogen and oxygen atoms in total. The number of benzene rings is 1. The molecule has 0 heterocycles. The molecule has 0 aliphatic carbocycles. The van der Waals surface area contributed by atoms with E-state index < -0.39 is 6.04 Å². The van der Waals surface area contributed by atoms with Crippen molar-refractivity contribution in [3.05, 3.63) is 29.8 Å². The van der Waals surface area contributed by atoms with Gasteiger partial charge in [0, 0.05) is 19.2 Å². The monoisotopic (exact) mass is 208 g/mol. The maximum Gasteiger partial charge on any atom is 0.239 e. The average molecular weight is 208 g/mol. The summed E-state index contributed by atoms with van der Waals surface area (Å²) >= 11 is 0. The molecule has 0 aliphatic heterocycles. The molecule has 1 atom stereocenters. The van der Waals surface area contributed by atoms with Crippen molar-refractivity contribution in [3.63, 3.8) is 0 Å². The van der Waals surface area contributed by atoms with Crippen molar-refractivity contribution in [2.45, 2.75) is 19.5 Å². The summed E-state index contributed by atoms with van der Waals surface area (Å²) in [7, 11) is 1.66. The molecule has 0 saturated heterocycles. The number of nitrogens with two attached hydrogens (primary N) is 1. The third-order valence-electron chi connectivity index (χ3n) is 2.16. The third-order valence-corrected chi connectivity index (χ3v) is 2.16. The van der Waals surface area contributed by atoms with Crippen LogP contribution in [0.4, 0.5) is 0 Å². The second-order valence-electron chi connectivity index (χ2n) is 3.61. The van der Waals surface area contributed by atoms with Gasteiger partial charge < -0.3 is 15.7 Å². The highest BCUT2D eigenvalue weighted by Crippen LogP contribution is 2.17. The Labute approximate surface area is 89.3 Å². The van der Waals surface area contributed by atoms with E-state index >= 15 is 0 Å². The maximum absolute atomic E-state index is 11.5. The van der Waals surface area contributed by atoms with Crippen LogP contribution in [0.1, 0.15) is 12.5 Å². The van der Waals surface area contributed by atoms with Gasteiger partial charge in [0.15, 0.2) is 0 Å². The molecule has 15 heavy (non-hydrogen) atoms. The summed E-state index contributed by atoms with van der Waals surface area (Å²) in [5.41, 5.74) is 6.19. The van der Waals surface area contributed by atoms with Crippen molar-refractivity contribution in [2.24, 2.45) is 5.73 Å². The lowest BCUT2D eigenvalue weighted by molar-refractivity contribution is -0.131. The summed E-state index contributed by atoms with van der Waals surface area (Å²) in [6.07, 6.45) is 0. The number of aromatic hydroxyl groups is 1. The van der Waals surface area contributed by atoms with Gasteiger partial charge in [-0.25, -0.2) is 0 Å². The van der Waals surface area contributed by atoms with E-state index in [9.17, 15) is 9.90 Å². The SMILES string of the molecule is CC(N)C(=O)N(C)Cc1ccccc1O. The molecule has 0 saturated carbocycles. The summed E-state index contributed by atoms with van der Waals surface area (Å²) in [6, 6.07) is 6.42. The molecule has 0 bridgehead atoms. The first kappa shape index (κ1) is 11.5. The van der Waals surface area contributed by atoms with Gasteiger partial charge in [0.1, 0.15) is 5.75 Å². The normalized spacial score (nSPS) is 12.2. The second kappa shape index (κ2) is 4.79. The number of hydrogen-bond acceptors (Lipinski definition) is 3. The van der Waals surface area contributed by atoms with E-state index in [1.165, 1.54) is 4.90 Å². The van der Waals surface area contributed by atoms with Gasteiger partial charge in [-0.05, 0) is 13.0 Å². The van der Waals surface area contributed by atoms with Crippen LogP contribution in [0.5, 0.6) is 5.75 Å². The highest BCUT2D eigenvalue weighted by molar-refractivity contribution is 5.80. The van der Waals surface area contributed by atoms with E-state index in [0.29, 0.717) is 12.1 Å². The van der Waals surface area contributed by atoms with Gasteiger partial charge in [0.25, 0.3) is 0 Å². The third kappa shape index (κ3) is 2.95. The van der Waals surface area contributed by atoms with Crippen LogP contribution in [0.15, 0.2) is 24.3 Å². The van der Waals surface area contributed by atoms with Crippen LogP contribution < -0.4 is 5.73 Å². The fourth-order valence-corrected chi connectivity index (χ4v) is 1.33. The molecule has 1 amide bonds. The van der Waals surface area contributed by atoms with Crippen molar-refractivity contribution in [2.75, 3.05) is 7.05 Å². The molecule has 1 aromatic carbocycles. The molecular formula is C11H16N2O2. The number of likely N-dealkylation sites (N-methyl/N-ethyl adjacent to an activating group) is 1. The quantitative estimate of drug-likeness (QED) is 0.768. The number of nitrogens with zero attached hydrogens (tertiary/aromatic N) is 1. The molecule has 82 valence electrons. The van der Waals surface area contributed by atoms with Crippen molar-refractivity contribution in [1.29, 1.82) is 0 Å². The Morgan fingerprint density at radius 1 is 1.53 bits per heavy atom. The van der Waals surface area contributed by atoms with Gasteiger partial charge >= 0.3 is 0 Å². The Morgan fingerprint density at radius 2 is 2.13 bits per heavy atom. The summed E-state index contributed by atoms with van der Waals surface area (Å²) in [5.74, 6) is 0.0556. The molecule has 4 heteroatoms. The molecule has 1 rings (SSSR count). The molecule has 0 radical (unpaired) electrons. The van der Waals surface area contributed by atoms with E-state index in [2.05, 4.69) is 0 Å². The first-order valence-electron chi connectivity index (χ1n) is 4.80. The molecule has 1 unspecified atom stereocenters. The van der Waals surface area contributed by atoms with E-state index in [0.717, 1.165) is 0 Å². The largest absolute Gasteiger partial charge is 0.508 e. The van der Waals surface area contributed by atoms with Crippen LogP contribution in [0.25, 0.3) is 0 Å². The van der Waals surface area contributed by atoms with Crippen LogP contribution in [-0.4, -0.2) is 29.0 Å². The van der Waals surface area contributed by atoms with Crippen molar-refractivity contribution >= 4 is 5.91 Å². The van der Waals surface area contributed by atoms with Crippen LogP contribution in [0, 0.1) is 0 Å². The highest BCUT2D eigenvalue weighted by atomic mass is 16.3. The predicted molar refractivity (Wildman–Crippen MR) is 58.2 cm³/mol. The Bertz CT molecular complexity index is 350. The lowest BCUT2D eigenvalue weighted by Gasteiger charge is -2.19. The summed E-state index contributed by atoms with van der Waals surface area (Å²) in [6.45, 7) is 2.01. The molecule has 0 aliphatic rings. The minimum absolute atomic E-state index is 0.141. The van der Waals surface area contributed by atoms with Gasteiger partial charge in [-0.15, -0.1) is 0 Å². The topological polar surface area (TPSA) is 66.6 Å². The minimum Gasteiger partial charge on any atom is -0.508 e. The number of phenolic OH excluding ortho intramolecular Hbond substituents is 1.